The van der Waals surface area contributed by atoms with Gasteiger partial charge in [0.1, 0.15) is 12.4 Å². The molecule has 0 saturated heterocycles. The zero-order chi connectivity index (χ0) is 27.5. The van der Waals surface area contributed by atoms with Gasteiger partial charge in [-0.1, -0.05) is 78.8 Å². The number of carbonyl (C=O) groups excluding carboxylic acids is 2. The van der Waals surface area contributed by atoms with Crippen molar-refractivity contribution >= 4 is 34.9 Å². The molecule has 8 nitrogen and oxygen atoms in total. The topological polar surface area (TPSA) is 124 Å². The number of aromatic nitrogens is 1. The third-order valence-corrected chi connectivity index (χ3v) is 5.82. The van der Waals surface area contributed by atoms with Crippen LogP contribution in [0.15, 0.2) is 96.3 Å². The lowest BCUT2D eigenvalue weighted by Crippen LogP contribution is -2.42. The number of amides is 2. The van der Waals surface area contributed by atoms with E-state index in [0.29, 0.717) is 40.5 Å². The minimum absolute atomic E-state index is 0.0866. The molecule has 9 heteroatoms. The monoisotopic (exact) mass is 530 g/mol. The molecule has 3 rings (SSSR count). The quantitative estimate of drug-likeness (QED) is 0.161. The van der Waals surface area contributed by atoms with Crippen LogP contribution in [0.25, 0.3) is 5.70 Å². The number of carbonyl (C=O) groups is 2. The predicted octanol–water partition coefficient (Wildman–Crippen LogP) is 3.78. The van der Waals surface area contributed by atoms with Crippen LogP contribution in [-0.4, -0.2) is 40.6 Å². The Morgan fingerprint density at radius 2 is 1.66 bits per heavy atom. The fourth-order valence-electron chi connectivity index (χ4n) is 3.71. The van der Waals surface area contributed by atoms with Crippen molar-refractivity contribution in [3.05, 3.63) is 119 Å². The fourth-order valence-corrected chi connectivity index (χ4v) is 3.92. The molecule has 38 heavy (non-hydrogen) atoms. The van der Waals surface area contributed by atoms with Gasteiger partial charge in [0.05, 0.1) is 23.6 Å². The second kappa shape index (κ2) is 13.8. The van der Waals surface area contributed by atoms with E-state index in [9.17, 15) is 9.59 Å². The number of allylic oxidation sites excluding steroid dienone is 1. The largest absolute Gasteiger partial charge is 0.384 e. The highest BCUT2D eigenvalue weighted by Gasteiger charge is 2.26. The molecule has 0 atom stereocenters. The molecule has 0 radical (unpaired) electrons. The maximum atomic E-state index is 13.6. The first-order valence-electron chi connectivity index (χ1n) is 12.0. The standard InChI is InChI=1S/C29H31ClN6O2/c1-20(30)27(23-11-7-4-8-12-23)36(29(38)21(2)33-16-15-22-9-5-3-6-10-22)19-26(37)35-18-25-14-13-24(17-34-25)28(31)32/h3-14,17,33H,2,15-16,18-19H2,1H3,(H3,31,32)(H,35,37)/b27-20+. The van der Waals surface area contributed by atoms with Crippen molar-refractivity contribution in [1.82, 2.24) is 20.5 Å². The lowest BCUT2D eigenvalue weighted by Gasteiger charge is -2.27. The molecule has 0 bridgehead atoms. The van der Waals surface area contributed by atoms with Gasteiger partial charge in [-0.3, -0.25) is 24.9 Å². The van der Waals surface area contributed by atoms with Crippen LogP contribution in [0.2, 0.25) is 0 Å². The van der Waals surface area contributed by atoms with Crippen LogP contribution in [0.4, 0.5) is 0 Å². The van der Waals surface area contributed by atoms with Crippen LogP contribution in [0.1, 0.15) is 29.3 Å². The molecular weight excluding hydrogens is 500 g/mol. The SMILES string of the molecule is C=C(NCCc1ccccc1)C(=O)N(CC(=O)NCc1ccc(C(=N)N)cn1)/C(=C(\C)Cl)c1ccccc1. The number of halogens is 1. The highest BCUT2D eigenvalue weighted by atomic mass is 35.5. The van der Waals surface area contributed by atoms with Crippen molar-refractivity contribution in [2.75, 3.05) is 13.1 Å². The summed E-state index contributed by atoms with van der Waals surface area (Å²) in [6.07, 6.45) is 2.18. The molecule has 0 fully saturated rings. The first-order valence-corrected chi connectivity index (χ1v) is 12.4. The minimum atomic E-state index is -0.462. The third kappa shape index (κ3) is 8.04. The number of pyridine rings is 1. The zero-order valence-corrected chi connectivity index (χ0v) is 22.0. The van der Waals surface area contributed by atoms with Gasteiger partial charge in [0, 0.05) is 23.3 Å². The summed E-state index contributed by atoms with van der Waals surface area (Å²) in [4.78, 5) is 32.1. The van der Waals surface area contributed by atoms with E-state index in [2.05, 4.69) is 22.2 Å². The fraction of sp³-hybridized carbons (Fsp3) is 0.172. The Bertz CT molecular complexity index is 1300. The van der Waals surface area contributed by atoms with Crippen molar-refractivity contribution < 1.29 is 9.59 Å². The van der Waals surface area contributed by atoms with E-state index < -0.39 is 11.8 Å². The smallest absolute Gasteiger partial charge is 0.274 e. The Hall–Kier alpha value is -4.43. The summed E-state index contributed by atoms with van der Waals surface area (Å²) in [5.74, 6) is -0.952. The van der Waals surface area contributed by atoms with E-state index >= 15 is 0 Å². The number of nitrogens with zero attached hydrogens (tertiary/aromatic N) is 2. The lowest BCUT2D eigenvalue weighted by molar-refractivity contribution is -0.130. The number of nitrogens with two attached hydrogens (primary N) is 1. The maximum Gasteiger partial charge on any atom is 0.274 e. The average molecular weight is 531 g/mol. The number of hydrogen-bond acceptors (Lipinski definition) is 5. The Kier molecular flexibility index (Phi) is 10.2. The molecule has 0 aliphatic rings. The Morgan fingerprint density at radius 3 is 2.24 bits per heavy atom. The molecule has 0 unspecified atom stereocenters. The lowest BCUT2D eigenvalue weighted by atomic mass is 10.1. The van der Waals surface area contributed by atoms with Crippen molar-refractivity contribution in [1.29, 1.82) is 5.41 Å². The molecule has 196 valence electrons. The van der Waals surface area contributed by atoms with E-state index in [1.807, 2.05) is 60.7 Å². The molecule has 1 heterocycles. The number of benzene rings is 2. The summed E-state index contributed by atoms with van der Waals surface area (Å²) >= 11 is 6.47. The Balaban J connectivity index is 1.74. The molecule has 0 spiro atoms. The van der Waals surface area contributed by atoms with E-state index in [-0.39, 0.29) is 24.6 Å². The molecule has 0 aliphatic heterocycles. The molecule has 2 aromatic carbocycles. The van der Waals surface area contributed by atoms with Gasteiger partial charge in [-0.05, 0) is 36.6 Å². The van der Waals surface area contributed by atoms with Gasteiger partial charge in [-0.2, -0.15) is 0 Å². The van der Waals surface area contributed by atoms with E-state index in [1.54, 1.807) is 19.1 Å². The van der Waals surface area contributed by atoms with Crippen LogP contribution in [0.3, 0.4) is 0 Å². The second-order valence-corrected chi connectivity index (χ2v) is 9.08. The number of amidine groups is 1. The predicted molar refractivity (Wildman–Crippen MR) is 151 cm³/mol. The van der Waals surface area contributed by atoms with E-state index in [4.69, 9.17) is 22.7 Å². The molecule has 3 aromatic rings. The minimum Gasteiger partial charge on any atom is -0.384 e. The maximum absolute atomic E-state index is 13.6. The Labute approximate surface area is 227 Å². The van der Waals surface area contributed by atoms with Crippen LogP contribution in [-0.2, 0) is 22.6 Å². The van der Waals surface area contributed by atoms with Crippen LogP contribution in [0, 0.1) is 5.41 Å². The van der Waals surface area contributed by atoms with Crippen LogP contribution < -0.4 is 16.4 Å². The first-order chi connectivity index (χ1) is 18.3. The van der Waals surface area contributed by atoms with Crippen molar-refractivity contribution in [2.45, 2.75) is 19.9 Å². The highest BCUT2D eigenvalue weighted by molar-refractivity contribution is 6.32. The van der Waals surface area contributed by atoms with E-state index in [0.717, 1.165) is 5.56 Å². The number of rotatable bonds is 12. The summed E-state index contributed by atoms with van der Waals surface area (Å²) in [6, 6.07) is 22.4. The molecule has 2 amide bonds. The van der Waals surface area contributed by atoms with Gasteiger partial charge < -0.3 is 16.4 Å². The number of nitrogens with one attached hydrogen (secondary N) is 3. The molecule has 5 N–H and O–H groups in total. The first kappa shape index (κ1) is 28.1. The van der Waals surface area contributed by atoms with Crippen LogP contribution in [0.5, 0.6) is 0 Å². The molecule has 1 aromatic heterocycles. The van der Waals surface area contributed by atoms with Crippen molar-refractivity contribution in [2.24, 2.45) is 5.73 Å². The zero-order valence-electron chi connectivity index (χ0n) is 21.2. The molecular formula is C29H31ClN6O2. The summed E-state index contributed by atoms with van der Waals surface area (Å²) in [6.45, 7) is 5.96. The van der Waals surface area contributed by atoms with E-state index in [1.165, 1.54) is 11.1 Å². The van der Waals surface area contributed by atoms with Gasteiger partial charge >= 0.3 is 0 Å². The summed E-state index contributed by atoms with van der Waals surface area (Å²) in [5.41, 5.74) is 8.93. The average Bonchev–Trinajstić information content (AvgIpc) is 2.92. The third-order valence-electron chi connectivity index (χ3n) is 5.65. The summed E-state index contributed by atoms with van der Waals surface area (Å²) in [7, 11) is 0. The Morgan fingerprint density at radius 1 is 1.00 bits per heavy atom. The van der Waals surface area contributed by atoms with Gasteiger partial charge in [-0.15, -0.1) is 0 Å². The summed E-state index contributed by atoms with van der Waals surface area (Å²) < 4.78 is 0. The van der Waals surface area contributed by atoms with Gasteiger partial charge in [-0.25, -0.2) is 0 Å². The number of nitrogen functional groups attached to an aromatic ring is 1. The summed E-state index contributed by atoms with van der Waals surface area (Å²) in [5, 5.41) is 13.7. The highest BCUT2D eigenvalue weighted by Crippen LogP contribution is 2.26. The van der Waals surface area contributed by atoms with Crippen LogP contribution >= 0.6 is 11.6 Å². The van der Waals surface area contributed by atoms with Crippen molar-refractivity contribution in [3.63, 3.8) is 0 Å². The van der Waals surface area contributed by atoms with Gasteiger partial charge in [0.2, 0.25) is 5.91 Å². The second-order valence-electron chi connectivity index (χ2n) is 8.51. The van der Waals surface area contributed by atoms with Gasteiger partial charge in [0.15, 0.2) is 0 Å². The molecule has 0 aliphatic carbocycles. The normalized spacial score (nSPS) is 11.2. The van der Waals surface area contributed by atoms with Gasteiger partial charge in [0.25, 0.3) is 5.91 Å². The van der Waals surface area contributed by atoms with Crippen molar-refractivity contribution in [3.8, 4) is 0 Å². The number of hydrogen-bond donors (Lipinski definition) is 4. The molecule has 0 saturated carbocycles.